The van der Waals surface area contributed by atoms with Crippen molar-refractivity contribution in [1.82, 2.24) is 20.2 Å². The van der Waals surface area contributed by atoms with Gasteiger partial charge in [-0.1, -0.05) is 41.0 Å². The van der Waals surface area contributed by atoms with Gasteiger partial charge in [0.15, 0.2) is 5.82 Å². The molecule has 0 aliphatic carbocycles. The Morgan fingerprint density at radius 2 is 2.04 bits per heavy atom. The topological polar surface area (TPSA) is 99.0 Å². The molecular weight excluding hydrogens is 421 g/mol. The molecule has 3 rings (SSSR count). The monoisotopic (exact) mass is 439 g/mol. The van der Waals surface area contributed by atoms with Crippen molar-refractivity contribution in [2.24, 2.45) is 0 Å². The first kappa shape index (κ1) is 20.6. The summed E-state index contributed by atoms with van der Waals surface area (Å²) < 4.78 is 6.63. The number of hydrogen-bond donors (Lipinski definition) is 2. The number of nitrogens with two attached hydrogens (primary N) is 1. The molecule has 0 saturated carbocycles. The van der Waals surface area contributed by atoms with Crippen molar-refractivity contribution in [1.29, 1.82) is 0 Å². The Kier molecular flexibility index (Phi) is 6.22. The van der Waals surface area contributed by atoms with Crippen LogP contribution < -0.4 is 11.2 Å². The number of nitrogens with one attached hydrogen (secondary N) is 1. The second-order valence-electron chi connectivity index (χ2n) is 6.22. The van der Waals surface area contributed by atoms with E-state index in [2.05, 4.69) is 15.5 Å². The van der Waals surface area contributed by atoms with E-state index in [0.29, 0.717) is 26.8 Å². The van der Waals surface area contributed by atoms with Gasteiger partial charge in [0.05, 0.1) is 23.1 Å². The van der Waals surface area contributed by atoms with Crippen molar-refractivity contribution in [3.05, 3.63) is 51.9 Å². The molecule has 2 heterocycles. The van der Waals surface area contributed by atoms with E-state index >= 15 is 0 Å². The largest absolute Gasteiger partial charge is 0.469 e. The van der Waals surface area contributed by atoms with E-state index in [9.17, 15) is 4.79 Å². The number of amides is 1. The first-order chi connectivity index (χ1) is 13.3. The zero-order valence-corrected chi connectivity index (χ0v) is 17.8. The first-order valence-electron chi connectivity index (χ1n) is 8.45. The molecule has 28 heavy (non-hydrogen) atoms. The summed E-state index contributed by atoms with van der Waals surface area (Å²) in [6.45, 7) is 5.44. The summed E-state index contributed by atoms with van der Waals surface area (Å²) in [5.74, 6) is 7.10. The van der Waals surface area contributed by atoms with E-state index in [-0.39, 0.29) is 11.9 Å². The zero-order chi connectivity index (χ0) is 20.4. The molecule has 1 amide bonds. The van der Waals surface area contributed by atoms with Gasteiger partial charge in [0, 0.05) is 10.0 Å². The van der Waals surface area contributed by atoms with Crippen molar-refractivity contribution in [3.8, 4) is 11.4 Å². The normalized spacial score (nSPS) is 13.3. The highest BCUT2D eigenvalue weighted by Gasteiger charge is 2.23. The molecule has 1 aromatic carbocycles. The van der Waals surface area contributed by atoms with E-state index in [0.717, 1.165) is 11.1 Å². The minimum atomic E-state index is -0.446. The molecule has 2 unspecified atom stereocenters. The van der Waals surface area contributed by atoms with Crippen LogP contribution in [0, 0.1) is 6.92 Å². The van der Waals surface area contributed by atoms with Crippen molar-refractivity contribution in [2.45, 2.75) is 37.2 Å². The van der Waals surface area contributed by atoms with Crippen molar-refractivity contribution in [3.63, 3.8) is 0 Å². The lowest BCUT2D eigenvalue weighted by Crippen LogP contribution is -2.33. The molecule has 3 N–H and O–H groups in total. The Balaban J connectivity index is 1.68. The quantitative estimate of drug-likeness (QED) is 0.440. The van der Waals surface area contributed by atoms with E-state index in [1.54, 1.807) is 37.5 Å². The van der Waals surface area contributed by atoms with Crippen LogP contribution in [0.1, 0.15) is 31.2 Å². The number of aromatic nitrogens is 3. The van der Waals surface area contributed by atoms with Crippen LogP contribution >= 0.6 is 35.0 Å². The summed E-state index contributed by atoms with van der Waals surface area (Å²) in [6.07, 6.45) is 1.56. The number of carbonyl (C=O) groups is 1. The van der Waals surface area contributed by atoms with Gasteiger partial charge in [-0.25, -0.2) is 4.68 Å². The van der Waals surface area contributed by atoms with Crippen LogP contribution in [-0.4, -0.2) is 26.0 Å². The molecule has 0 aliphatic rings. The minimum Gasteiger partial charge on any atom is -0.469 e. The Bertz CT molecular complexity index is 1000. The number of nitrogens with zero attached hydrogens (tertiary/aromatic N) is 3. The molecule has 0 fully saturated rings. The lowest BCUT2D eigenvalue weighted by atomic mass is 10.1. The van der Waals surface area contributed by atoms with Crippen LogP contribution in [0.2, 0.25) is 10.0 Å². The molecule has 2 atom stereocenters. The van der Waals surface area contributed by atoms with Gasteiger partial charge in [-0.3, -0.25) is 4.79 Å². The third kappa shape index (κ3) is 4.29. The maximum atomic E-state index is 12.6. The maximum absolute atomic E-state index is 12.6. The molecular formula is C18H19Cl2N5O2S. The standard InChI is InChI=1S/C18H19Cl2N5O2S/c1-9(13-5-4-12(19)8-15(13)20)22-17(26)11(3)28-18-24-23-16(25(18)21)14-6-7-27-10(14)2/h4-9,11H,21H2,1-3H3,(H,22,26). The number of thioether (sulfide) groups is 1. The predicted molar refractivity (Wildman–Crippen MR) is 111 cm³/mol. The Labute approximate surface area is 176 Å². The number of rotatable bonds is 6. The van der Waals surface area contributed by atoms with Crippen LogP contribution in [0.5, 0.6) is 0 Å². The third-order valence-electron chi connectivity index (χ3n) is 4.20. The molecule has 0 saturated heterocycles. The van der Waals surface area contributed by atoms with Gasteiger partial charge < -0.3 is 15.6 Å². The van der Waals surface area contributed by atoms with Crippen molar-refractivity contribution in [2.75, 3.05) is 5.84 Å². The van der Waals surface area contributed by atoms with Crippen LogP contribution in [0.25, 0.3) is 11.4 Å². The molecule has 0 spiro atoms. The molecule has 0 aliphatic heterocycles. The smallest absolute Gasteiger partial charge is 0.233 e. The highest BCUT2D eigenvalue weighted by Crippen LogP contribution is 2.29. The SMILES string of the molecule is Cc1occc1-c1nnc(SC(C)C(=O)NC(C)c2ccc(Cl)cc2Cl)n1N. The summed E-state index contributed by atoms with van der Waals surface area (Å²) in [5, 5.41) is 12.2. The summed E-state index contributed by atoms with van der Waals surface area (Å²) in [6, 6.07) is 6.67. The average molecular weight is 440 g/mol. The number of benzene rings is 1. The minimum absolute atomic E-state index is 0.174. The van der Waals surface area contributed by atoms with E-state index in [1.165, 1.54) is 16.4 Å². The lowest BCUT2D eigenvalue weighted by Gasteiger charge is -2.18. The summed E-state index contributed by atoms with van der Waals surface area (Å²) in [5.41, 5.74) is 1.54. The molecule has 0 bridgehead atoms. The molecule has 2 aromatic heterocycles. The average Bonchev–Trinajstić information content (AvgIpc) is 3.20. The van der Waals surface area contributed by atoms with E-state index in [1.807, 2.05) is 13.8 Å². The molecule has 7 nitrogen and oxygen atoms in total. The zero-order valence-electron chi connectivity index (χ0n) is 15.4. The fourth-order valence-corrected chi connectivity index (χ4v) is 3.98. The number of halogens is 2. The number of hydrogen-bond acceptors (Lipinski definition) is 6. The lowest BCUT2D eigenvalue weighted by molar-refractivity contribution is -0.120. The van der Waals surface area contributed by atoms with Crippen LogP contribution in [-0.2, 0) is 4.79 Å². The molecule has 10 heteroatoms. The van der Waals surface area contributed by atoms with Gasteiger partial charge in [-0.05, 0) is 44.5 Å². The molecule has 148 valence electrons. The van der Waals surface area contributed by atoms with Gasteiger partial charge in [0.2, 0.25) is 11.1 Å². The first-order valence-corrected chi connectivity index (χ1v) is 10.1. The van der Waals surface area contributed by atoms with Crippen molar-refractivity contribution >= 4 is 40.9 Å². The van der Waals surface area contributed by atoms with E-state index in [4.69, 9.17) is 33.5 Å². The summed E-state index contributed by atoms with van der Waals surface area (Å²) in [4.78, 5) is 12.6. The molecule has 0 radical (unpaired) electrons. The summed E-state index contributed by atoms with van der Waals surface area (Å²) in [7, 11) is 0. The fourth-order valence-electron chi connectivity index (χ4n) is 2.63. The van der Waals surface area contributed by atoms with Gasteiger partial charge in [-0.15, -0.1) is 10.2 Å². The highest BCUT2D eigenvalue weighted by atomic mass is 35.5. The van der Waals surface area contributed by atoms with Gasteiger partial charge >= 0.3 is 0 Å². The van der Waals surface area contributed by atoms with E-state index < -0.39 is 5.25 Å². The van der Waals surface area contributed by atoms with Gasteiger partial charge in [0.25, 0.3) is 0 Å². The number of aryl methyl sites for hydroxylation is 1. The Hall–Kier alpha value is -2.16. The van der Waals surface area contributed by atoms with Crippen LogP contribution in [0.3, 0.4) is 0 Å². The van der Waals surface area contributed by atoms with Crippen LogP contribution in [0.15, 0.2) is 40.1 Å². The molecule has 3 aromatic rings. The second kappa shape index (κ2) is 8.46. The third-order valence-corrected chi connectivity index (χ3v) is 5.82. The Morgan fingerprint density at radius 1 is 1.29 bits per heavy atom. The fraction of sp³-hybridized carbons (Fsp3) is 0.278. The maximum Gasteiger partial charge on any atom is 0.233 e. The van der Waals surface area contributed by atoms with Crippen LogP contribution in [0.4, 0.5) is 0 Å². The van der Waals surface area contributed by atoms with Crippen molar-refractivity contribution < 1.29 is 9.21 Å². The predicted octanol–water partition coefficient (Wildman–Crippen LogP) is 4.23. The van der Waals surface area contributed by atoms with Gasteiger partial charge in [0.1, 0.15) is 5.76 Å². The number of nitrogen functional groups attached to an aromatic ring is 1. The highest BCUT2D eigenvalue weighted by molar-refractivity contribution is 8.00. The number of furan rings is 1. The van der Waals surface area contributed by atoms with Gasteiger partial charge in [-0.2, -0.15) is 0 Å². The Morgan fingerprint density at radius 3 is 2.68 bits per heavy atom. The number of carbonyl (C=O) groups excluding carboxylic acids is 1. The summed E-state index contributed by atoms with van der Waals surface area (Å²) >= 11 is 13.4. The second-order valence-corrected chi connectivity index (χ2v) is 8.37.